The average molecular weight is 334 g/mol. The number of nitrogens with zero attached hydrogens (tertiary/aromatic N) is 3. The maximum Gasteiger partial charge on any atom is 0.216 e. The molecule has 5 heteroatoms. The SMILES string of the molecule is CC(/C=N\n1c(-c2ccc(C)cc2)n[nH]c1=S)=C\c1ccccc1. The Morgan fingerprint density at radius 2 is 1.83 bits per heavy atom. The summed E-state index contributed by atoms with van der Waals surface area (Å²) >= 11 is 5.29. The lowest BCUT2D eigenvalue weighted by molar-refractivity contribution is 0.871. The van der Waals surface area contributed by atoms with Crippen molar-refractivity contribution in [3.05, 3.63) is 76.1 Å². The van der Waals surface area contributed by atoms with Gasteiger partial charge >= 0.3 is 0 Å². The van der Waals surface area contributed by atoms with Crippen molar-refractivity contribution in [1.29, 1.82) is 0 Å². The van der Waals surface area contributed by atoms with E-state index in [2.05, 4.69) is 40.4 Å². The van der Waals surface area contributed by atoms with E-state index >= 15 is 0 Å². The Labute approximate surface area is 146 Å². The summed E-state index contributed by atoms with van der Waals surface area (Å²) in [7, 11) is 0. The molecule has 120 valence electrons. The van der Waals surface area contributed by atoms with Crippen molar-refractivity contribution >= 4 is 24.5 Å². The van der Waals surface area contributed by atoms with Crippen LogP contribution in [-0.2, 0) is 0 Å². The first kappa shape index (κ1) is 16.1. The molecule has 0 aliphatic heterocycles. The highest BCUT2D eigenvalue weighted by Crippen LogP contribution is 2.17. The maximum atomic E-state index is 5.29. The fraction of sp³-hybridized carbons (Fsp3) is 0.105. The van der Waals surface area contributed by atoms with E-state index in [0.717, 1.165) is 16.7 Å². The Hall–Kier alpha value is -2.79. The lowest BCUT2D eigenvalue weighted by Crippen LogP contribution is -1.95. The smallest absolute Gasteiger partial charge is 0.216 e. The molecule has 24 heavy (non-hydrogen) atoms. The molecular formula is C19H18N4S. The third-order valence-corrected chi connectivity index (χ3v) is 3.80. The Bertz CT molecular complexity index is 932. The standard InChI is InChI=1S/C19H18N4S/c1-14-8-10-17(11-9-14)18-21-22-19(24)23(18)20-13-15(2)12-16-6-4-3-5-7-16/h3-13H,1-2H3,(H,22,24)/b15-12+,20-13-. The molecule has 0 aliphatic carbocycles. The van der Waals surface area contributed by atoms with Crippen molar-refractivity contribution in [1.82, 2.24) is 14.9 Å². The Morgan fingerprint density at radius 3 is 2.54 bits per heavy atom. The van der Waals surface area contributed by atoms with Crippen molar-refractivity contribution in [3.8, 4) is 11.4 Å². The number of hydrogen-bond acceptors (Lipinski definition) is 3. The normalized spacial score (nSPS) is 12.0. The molecule has 0 spiro atoms. The van der Waals surface area contributed by atoms with E-state index in [4.69, 9.17) is 12.2 Å². The van der Waals surface area contributed by atoms with Gasteiger partial charge in [0.15, 0.2) is 5.82 Å². The zero-order valence-corrected chi connectivity index (χ0v) is 14.4. The van der Waals surface area contributed by atoms with Gasteiger partial charge in [-0.15, -0.1) is 0 Å². The molecule has 1 aromatic heterocycles. The van der Waals surface area contributed by atoms with Crippen LogP contribution in [0.3, 0.4) is 0 Å². The van der Waals surface area contributed by atoms with Crippen LogP contribution in [0.4, 0.5) is 0 Å². The highest BCUT2D eigenvalue weighted by molar-refractivity contribution is 7.71. The number of aromatic nitrogens is 3. The van der Waals surface area contributed by atoms with Gasteiger partial charge in [-0.05, 0) is 37.2 Å². The van der Waals surface area contributed by atoms with E-state index in [-0.39, 0.29) is 0 Å². The topological polar surface area (TPSA) is 46.0 Å². The number of H-pyrrole nitrogens is 1. The summed E-state index contributed by atoms with van der Waals surface area (Å²) in [6.45, 7) is 4.06. The van der Waals surface area contributed by atoms with Crippen LogP contribution in [0, 0.1) is 11.7 Å². The van der Waals surface area contributed by atoms with E-state index < -0.39 is 0 Å². The van der Waals surface area contributed by atoms with Crippen molar-refractivity contribution in [3.63, 3.8) is 0 Å². The second kappa shape index (κ2) is 7.19. The number of benzene rings is 2. The molecule has 3 rings (SSSR count). The Balaban J connectivity index is 1.90. The minimum atomic E-state index is 0.467. The third kappa shape index (κ3) is 3.75. The lowest BCUT2D eigenvalue weighted by atomic mass is 10.1. The van der Waals surface area contributed by atoms with Gasteiger partial charge in [0.25, 0.3) is 0 Å². The Kier molecular flexibility index (Phi) is 4.82. The molecule has 0 atom stereocenters. The van der Waals surface area contributed by atoms with E-state index in [1.165, 1.54) is 5.56 Å². The molecule has 0 unspecified atom stereocenters. The minimum absolute atomic E-state index is 0.467. The molecular weight excluding hydrogens is 316 g/mol. The van der Waals surface area contributed by atoms with Crippen LogP contribution >= 0.6 is 12.2 Å². The summed E-state index contributed by atoms with van der Waals surface area (Å²) in [6.07, 6.45) is 3.86. The number of aryl methyl sites for hydroxylation is 1. The molecule has 0 saturated heterocycles. The van der Waals surface area contributed by atoms with E-state index in [9.17, 15) is 0 Å². The van der Waals surface area contributed by atoms with Crippen LogP contribution in [0.25, 0.3) is 17.5 Å². The Morgan fingerprint density at radius 1 is 1.12 bits per heavy atom. The third-order valence-electron chi connectivity index (χ3n) is 3.53. The minimum Gasteiger partial charge on any atom is -0.250 e. The van der Waals surface area contributed by atoms with Gasteiger partial charge in [-0.3, -0.25) is 0 Å². The zero-order valence-electron chi connectivity index (χ0n) is 13.6. The van der Waals surface area contributed by atoms with E-state index in [0.29, 0.717) is 10.6 Å². The van der Waals surface area contributed by atoms with Crippen molar-refractivity contribution in [2.45, 2.75) is 13.8 Å². The number of nitrogens with one attached hydrogen (secondary N) is 1. The molecule has 0 amide bonds. The summed E-state index contributed by atoms with van der Waals surface area (Å²) in [6, 6.07) is 18.2. The number of rotatable bonds is 4. The van der Waals surface area contributed by atoms with E-state index in [1.807, 2.05) is 49.4 Å². The molecule has 2 aromatic carbocycles. The molecule has 1 N–H and O–H groups in total. The first-order chi connectivity index (χ1) is 11.6. The highest BCUT2D eigenvalue weighted by atomic mass is 32.1. The number of allylic oxidation sites excluding steroid dienone is 1. The van der Waals surface area contributed by atoms with Gasteiger partial charge in [-0.25, -0.2) is 5.10 Å². The molecule has 0 fully saturated rings. The number of aromatic amines is 1. The van der Waals surface area contributed by atoms with Gasteiger partial charge in [0.1, 0.15) is 0 Å². The highest BCUT2D eigenvalue weighted by Gasteiger charge is 2.07. The largest absolute Gasteiger partial charge is 0.250 e. The monoisotopic (exact) mass is 334 g/mol. The van der Waals surface area contributed by atoms with E-state index in [1.54, 1.807) is 10.9 Å². The second-order valence-corrected chi connectivity index (χ2v) is 5.96. The van der Waals surface area contributed by atoms with Crippen LogP contribution in [-0.4, -0.2) is 21.1 Å². The fourth-order valence-corrected chi connectivity index (χ4v) is 2.47. The molecule has 0 radical (unpaired) electrons. The van der Waals surface area contributed by atoms with Crippen LogP contribution in [0.2, 0.25) is 0 Å². The predicted molar refractivity (Wildman–Crippen MR) is 102 cm³/mol. The molecule has 3 aromatic rings. The van der Waals surface area contributed by atoms with Crippen LogP contribution in [0.15, 0.2) is 65.3 Å². The molecule has 0 aliphatic rings. The summed E-state index contributed by atoms with van der Waals surface area (Å²) in [5.41, 5.74) is 4.33. The lowest BCUT2D eigenvalue weighted by Gasteiger charge is -2.01. The molecule has 1 heterocycles. The maximum absolute atomic E-state index is 5.29. The number of hydrogen-bond donors (Lipinski definition) is 1. The molecule has 0 saturated carbocycles. The van der Waals surface area contributed by atoms with Crippen LogP contribution < -0.4 is 0 Å². The van der Waals surface area contributed by atoms with Gasteiger partial charge in [-0.1, -0.05) is 66.2 Å². The molecule has 4 nitrogen and oxygen atoms in total. The van der Waals surface area contributed by atoms with Crippen LogP contribution in [0.5, 0.6) is 0 Å². The molecule has 0 bridgehead atoms. The first-order valence-corrected chi connectivity index (χ1v) is 8.06. The van der Waals surface area contributed by atoms with Gasteiger partial charge in [-0.2, -0.15) is 14.9 Å². The van der Waals surface area contributed by atoms with Gasteiger partial charge in [0.05, 0.1) is 6.21 Å². The predicted octanol–water partition coefficient (Wildman–Crippen LogP) is 4.85. The second-order valence-electron chi connectivity index (χ2n) is 5.57. The summed E-state index contributed by atoms with van der Waals surface area (Å²) in [4.78, 5) is 0. The first-order valence-electron chi connectivity index (χ1n) is 7.65. The summed E-state index contributed by atoms with van der Waals surface area (Å²) in [5, 5.41) is 11.6. The van der Waals surface area contributed by atoms with Crippen molar-refractivity contribution in [2.24, 2.45) is 5.10 Å². The zero-order chi connectivity index (χ0) is 16.9. The summed E-state index contributed by atoms with van der Waals surface area (Å²) < 4.78 is 2.11. The van der Waals surface area contributed by atoms with Crippen LogP contribution in [0.1, 0.15) is 18.1 Å². The van der Waals surface area contributed by atoms with Crippen molar-refractivity contribution < 1.29 is 0 Å². The van der Waals surface area contributed by atoms with Gasteiger partial charge < -0.3 is 0 Å². The summed E-state index contributed by atoms with van der Waals surface area (Å²) in [5.74, 6) is 0.698. The quantitative estimate of drug-likeness (QED) is 0.547. The van der Waals surface area contributed by atoms with Gasteiger partial charge in [0.2, 0.25) is 4.77 Å². The average Bonchev–Trinajstić information content (AvgIpc) is 2.95. The van der Waals surface area contributed by atoms with Gasteiger partial charge in [0, 0.05) is 5.56 Å². The van der Waals surface area contributed by atoms with Crippen molar-refractivity contribution in [2.75, 3.05) is 0 Å². The fourth-order valence-electron chi connectivity index (χ4n) is 2.29.